The number of carbonyl (C=O) groups excluding carboxylic acids is 1. The number of esters is 1. The van der Waals surface area contributed by atoms with E-state index in [9.17, 15) is 4.79 Å². The minimum atomic E-state index is -0.491. The summed E-state index contributed by atoms with van der Waals surface area (Å²) in [5.74, 6) is 1.14. The van der Waals surface area contributed by atoms with Gasteiger partial charge in [0.15, 0.2) is 0 Å². The molecule has 2 aromatic carbocycles. The van der Waals surface area contributed by atoms with Gasteiger partial charge in [-0.1, -0.05) is 11.6 Å². The number of pyridine rings is 1. The lowest BCUT2D eigenvalue weighted by molar-refractivity contribution is 0.0527. The first kappa shape index (κ1) is 21.5. The summed E-state index contributed by atoms with van der Waals surface area (Å²) in [5.41, 5.74) is 2.04. The van der Waals surface area contributed by atoms with Crippen LogP contribution in [0.25, 0.3) is 10.9 Å². The van der Waals surface area contributed by atoms with Crippen molar-refractivity contribution < 1.29 is 23.7 Å². The number of rotatable bonds is 8. The molecule has 0 saturated heterocycles. The summed E-state index contributed by atoms with van der Waals surface area (Å²) in [5, 5.41) is 4.36. The van der Waals surface area contributed by atoms with Gasteiger partial charge in [0.05, 0.1) is 49.3 Å². The number of fused-ring (bicyclic) bond motifs is 1. The van der Waals surface area contributed by atoms with Crippen LogP contribution >= 0.6 is 11.6 Å². The summed E-state index contributed by atoms with van der Waals surface area (Å²) in [7, 11) is 3.07. The Balaban J connectivity index is 2.21. The van der Waals surface area contributed by atoms with Crippen molar-refractivity contribution in [1.82, 2.24) is 4.98 Å². The second-order valence-corrected chi connectivity index (χ2v) is 6.60. The Kier molecular flexibility index (Phi) is 6.84. The molecule has 0 amide bonds. The Bertz CT molecular complexity index is 1070. The Morgan fingerprint density at radius 3 is 2.50 bits per heavy atom. The van der Waals surface area contributed by atoms with E-state index in [2.05, 4.69) is 10.3 Å². The first-order valence-corrected chi connectivity index (χ1v) is 9.81. The fraction of sp³-hybridized carbons (Fsp3) is 0.273. The molecule has 0 unspecified atom stereocenters. The molecule has 0 spiro atoms. The molecular weight excluding hydrogens is 408 g/mol. The van der Waals surface area contributed by atoms with E-state index in [1.807, 2.05) is 25.1 Å². The molecule has 0 aliphatic rings. The van der Waals surface area contributed by atoms with Gasteiger partial charge in [0.1, 0.15) is 22.8 Å². The number of halogens is 1. The van der Waals surface area contributed by atoms with Crippen molar-refractivity contribution in [2.24, 2.45) is 0 Å². The van der Waals surface area contributed by atoms with Gasteiger partial charge < -0.3 is 24.3 Å². The molecule has 0 saturated carbocycles. The van der Waals surface area contributed by atoms with Crippen molar-refractivity contribution in [2.75, 3.05) is 32.8 Å². The minimum Gasteiger partial charge on any atom is -0.495 e. The number of nitrogens with zero attached hydrogens (tertiary/aromatic N) is 1. The smallest absolute Gasteiger partial charge is 0.341 e. The maximum atomic E-state index is 12.6. The van der Waals surface area contributed by atoms with Crippen molar-refractivity contribution >= 4 is 39.8 Å². The quantitative estimate of drug-likeness (QED) is 0.490. The Morgan fingerprint density at radius 1 is 1.07 bits per heavy atom. The van der Waals surface area contributed by atoms with Crippen LogP contribution in [0.1, 0.15) is 24.2 Å². The fourth-order valence-electron chi connectivity index (χ4n) is 3.02. The number of hydrogen-bond donors (Lipinski definition) is 1. The number of carbonyl (C=O) groups is 1. The second kappa shape index (κ2) is 9.54. The molecule has 30 heavy (non-hydrogen) atoms. The van der Waals surface area contributed by atoms with Crippen LogP contribution in [0.4, 0.5) is 11.4 Å². The Labute approximate surface area is 179 Å². The largest absolute Gasteiger partial charge is 0.495 e. The second-order valence-electron chi connectivity index (χ2n) is 6.19. The van der Waals surface area contributed by atoms with Gasteiger partial charge in [-0.15, -0.1) is 0 Å². The number of methoxy groups -OCH3 is 2. The standard InChI is InChI=1S/C22H23ClN2O5/c1-5-29-13-7-8-17-14(9-13)21(15(12-24-17)22(26)30-6-2)25-18-10-16(23)19(27-3)11-20(18)28-4/h7-12H,5-6H2,1-4H3,(H,24,25). The van der Waals surface area contributed by atoms with E-state index in [0.717, 1.165) is 0 Å². The van der Waals surface area contributed by atoms with E-state index < -0.39 is 5.97 Å². The van der Waals surface area contributed by atoms with Gasteiger partial charge in [-0.25, -0.2) is 4.79 Å². The zero-order chi connectivity index (χ0) is 21.7. The van der Waals surface area contributed by atoms with Gasteiger partial charge in [-0.05, 0) is 38.1 Å². The molecule has 158 valence electrons. The van der Waals surface area contributed by atoms with Gasteiger partial charge in [-0.2, -0.15) is 0 Å². The predicted molar refractivity (Wildman–Crippen MR) is 117 cm³/mol. The third-order valence-electron chi connectivity index (χ3n) is 4.38. The van der Waals surface area contributed by atoms with E-state index in [0.29, 0.717) is 51.2 Å². The summed E-state index contributed by atoms with van der Waals surface area (Å²) in [6, 6.07) is 8.83. The highest BCUT2D eigenvalue weighted by atomic mass is 35.5. The summed E-state index contributed by atoms with van der Waals surface area (Å²) in [4.78, 5) is 17.0. The van der Waals surface area contributed by atoms with E-state index in [4.69, 9.17) is 30.5 Å². The van der Waals surface area contributed by atoms with E-state index in [-0.39, 0.29) is 12.2 Å². The van der Waals surface area contributed by atoms with Crippen LogP contribution in [-0.4, -0.2) is 38.4 Å². The summed E-state index contributed by atoms with van der Waals surface area (Å²) in [6.07, 6.45) is 1.49. The first-order valence-electron chi connectivity index (χ1n) is 9.43. The Hall–Kier alpha value is -3.19. The normalized spacial score (nSPS) is 10.6. The number of aromatic nitrogens is 1. The number of anilines is 2. The van der Waals surface area contributed by atoms with Gasteiger partial charge in [0.25, 0.3) is 0 Å². The topological polar surface area (TPSA) is 78.9 Å². The van der Waals surface area contributed by atoms with Crippen molar-refractivity contribution in [2.45, 2.75) is 13.8 Å². The lowest BCUT2D eigenvalue weighted by atomic mass is 10.1. The first-order chi connectivity index (χ1) is 14.5. The molecule has 0 aliphatic heterocycles. The third kappa shape index (κ3) is 4.36. The molecule has 7 nitrogen and oxygen atoms in total. The molecule has 8 heteroatoms. The van der Waals surface area contributed by atoms with Gasteiger partial charge in [-0.3, -0.25) is 4.98 Å². The number of benzene rings is 2. The molecule has 3 aromatic rings. The molecule has 1 heterocycles. The van der Waals surface area contributed by atoms with Crippen LogP contribution in [0.15, 0.2) is 36.5 Å². The molecule has 3 rings (SSSR count). The van der Waals surface area contributed by atoms with Crippen LogP contribution in [-0.2, 0) is 4.74 Å². The van der Waals surface area contributed by atoms with E-state index in [1.54, 1.807) is 19.1 Å². The third-order valence-corrected chi connectivity index (χ3v) is 4.67. The average molecular weight is 431 g/mol. The molecular formula is C22H23ClN2O5. The average Bonchev–Trinajstić information content (AvgIpc) is 2.74. The van der Waals surface area contributed by atoms with Crippen LogP contribution in [0, 0.1) is 0 Å². The molecule has 1 N–H and O–H groups in total. The maximum Gasteiger partial charge on any atom is 0.341 e. The monoisotopic (exact) mass is 430 g/mol. The van der Waals surface area contributed by atoms with Crippen LogP contribution < -0.4 is 19.5 Å². The molecule has 0 atom stereocenters. The summed E-state index contributed by atoms with van der Waals surface area (Å²) >= 11 is 6.32. The van der Waals surface area contributed by atoms with Crippen molar-refractivity contribution in [3.05, 3.63) is 47.1 Å². The SMILES string of the molecule is CCOC(=O)c1cnc2ccc(OCC)cc2c1Nc1cc(Cl)c(OC)cc1OC. The summed E-state index contributed by atoms with van der Waals surface area (Å²) in [6.45, 7) is 4.41. The highest BCUT2D eigenvalue weighted by Gasteiger charge is 2.20. The van der Waals surface area contributed by atoms with Crippen LogP contribution in [0.2, 0.25) is 5.02 Å². The minimum absolute atomic E-state index is 0.243. The maximum absolute atomic E-state index is 12.6. The van der Waals surface area contributed by atoms with E-state index >= 15 is 0 Å². The summed E-state index contributed by atoms with van der Waals surface area (Å²) < 4.78 is 21.6. The van der Waals surface area contributed by atoms with Crippen molar-refractivity contribution in [3.63, 3.8) is 0 Å². The van der Waals surface area contributed by atoms with Gasteiger partial charge >= 0.3 is 5.97 Å². The highest BCUT2D eigenvalue weighted by Crippen LogP contribution is 2.40. The van der Waals surface area contributed by atoms with Gasteiger partial charge in [0, 0.05) is 17.6 Å². The van der Waals surface area contributed by atoms with E-state index in [1.165, 1.54) is 20.4 Å². The molecule has 0 bridgehead atoms. The Morgan fingerprint density at radius 2 is 1.83 bits per heavy atom. The zero-order valence-corrected chi connectivity index (χ0v) is 18.0. The number of ether oxygens (including phenoxy) is 4. The van der Waals surface area contributed by atoms with Gasteiger partial charge in [0.2, 0.25) is 0 Å². The molecule has 0 radical (unpaired) electrons. The predicted octanol–water partition coefficient (Wildman–Crippen LogP) is 5.22. The number of nitrogens with one attached hydrogen (secondary N) is 1. The van der Waals surface area contributed by atoms with Crippen LogP contribution in [0.3, 0.4) is 0 Å². The fourth-order valence-corrected chi connectivity index (χ4v) is 3.26. The lowest BCUT2D eigenvalue weighted by Gasteiger charge is -2.18. The molecule has 0 aliphatic carbocycles. The van der Waals surface area contributed by atoms with Crippen LogP contribution in [0.5, 0.6) is 17.2 Å². The van der Waals surface area contributed by atoms with Crippen molar-refractivity contribution in [3.8, 4) is 17.2 Å². The highest BCUT2D eigenvalue weighted by molar-refractivity contribution is 6.32. The molecule has 0 fully saturated rings. The van der Waals surface area contributed by atoms with Crippen molar-refractivity contribution in [1.29, 1.82) is 0 Å². The zero-order valence-electron chi connectivity index (χ0n) is 17.2. The number of hydrogen-bond acceptors (Lipinski definition) is 7. The lowest BCUT2D eigenvalue weighted by Crippen LogP contribution is -2.10. The molecule has 1 aromatic heterocycles.